The molecule has 6 heteroatoms. The van der Waals surface area contributed by atoms with Crippen molar-refractivity contribution in [3.05, 3.63) is 53.1 Å². The van der Waals surface area contributed by atoms with Crippen molar-refractivity contribution in [2.24, 2.45) is 5.92 Å². The molecule has 4 rings (SSSR count). The van der Waals surface area contributed by atoms with E-state index in [0.717, 1.165) is 54.3 Å². The maximum Gasteiger partial charge on any atom is 0.225 e. The van der Waals surface area contributed by atoms with Crippen LogP contribution in [0.1, 0.15) is 83.9 Å². The fraction of sp³-hybridized carbons (Fsp3) is 0.576. The van der Waals surface area contributed by atoms with Crippen molar-refractivity contribution in [3.63, 3.8) is 0 Å². The molecule has 0 unspecified atom stereocenters. The van der Waals surface area contributed by atoms with Crippen LogP contribution in [0.2, 0.25) is 0 Å². The number of nitrogens with one attached hydrogen (secondary N) is 2. The molecule has 1 heterocycles. The molecule has 1 saturated carbocycles. The van der Waals surface area contributed by atoms with E-state index >= 15 is 0 Å². The molecule has 0 amide bonds. The van der Waals surface area contributed by atoms with Crippen LogP contribution in [0.15, 0.2) is 36.4 Å². The Morgan fingerprint density at radius 1 is 0.923 bits per heavy atom. The fourth-order valence-electron chi connectivity index (χ4n) is 5.62. The Labute approximate surface area is 236 Å². The van der Waals surface area contributed by atoms with Gasteiger partial charge >= 0.3 is 0 Å². The van der Waals surface area contributed by atoms with E-state index in [9.17, 15) is 0 Å². The van der Waals surface area contributed by atoms with Gasteiger partial charge in [-0.05, 0) is 66.7 Å². The van der Waals surface area contributed by atoms with Crippen molar-refractivity contribution in [2.45, 2.75) is 90.6 Å². The lowest BCUT2D eigenvalue weighted by Crippen LogP contribution is -2.32. The van der Waals surface area contributed by atoms with Gasteiger partial charge < -0.3 is 20.3 Å². The molecular weight excluding hydrogens is 482 g/mol. The van der Waals surface area contributed by atoms with Gasteiger partial charge in [0.2, 0.25) is 5.95 Å². The summed E-state index contributed by atoms with van der Waals surface area (Å²) in [5, 5.41) is 8.50. The SMILES string of the molecule is COc1c(CNCC2CCC(Nc3nc(N(C)C)c4ccccc4n3)CC2)cc(C(C)(C)C)cc1C(C)(C)C. The van der Waals surface area contributed by atoms with Crippen LogP contribution in [0.4, 0.5) is 11.8 Å². The summed E-state index contributed by atoms with van der Waals surface area (Å²) in [6, 6.07) is 13.3. The van der Waals surface area contributed by atoms with Gasteiger partial charge in [0.15, 0.2) is 0 Å². The predicted octanol–water partition coefficient (Wildman–Crippen LogP) is 7.06. The van der Waals surface area contributed by atoms with Crippen LogP contribution in [-0.4, -0.2) is 43.8 Å². The van der Waals surface area contributed by atoms with Crippen molar-refractivity contribution in [3.8, 4) is 5.75 Å². The molecule has 6 nitrogen and oxygen atoms in total. The number of benzene rings is 2. The van der Waals surface area contributed by atoms with Crippen molar-refractivity contribution in [1.29, 1.82) is 0 Å². The average Bonchev–Trinajstić information content (AvgIpc) is 2.87. The van der Waals surface area contributed by atoms with E-state index in [1.54, 1.807) is 7.11 Å². The van der Waals surface area contributed by atoms with Crippen LogP contribution in [0.25, 0.3) is 10.9 Å². The van der Waals surface area contributed by atoms with Crippen LogP contribution in [0.5, 0.6) is 5.75 Å². The topological polar surface area (TPSA) is 62.3 Å². The molecule has 0 radical (unpaired) electrons. The maximum atomic E-state index is 5.97. The summed E-state index contributed by atoms with van der Waals surface area (Å²) in [5.41, 5.74) is 5.01. The molecule has 1 aromatic heterocycles. The minimum atomic E-state index is 0.0226. The smallest absolute Gasteiger partial charge is 0.225 e. The van der Waals surface area contributed by atoms with Gasteiger partial charge in [-0.15, -0.1) is 0 Å². The molecule has 2 N–H and O–H groups in total. The lowest BCUT2D eigenvalue weighted by atomic mass is 9.79. The zero-order chi connectivity index (χ0) is 28.4. The first-order valence-corrected chi connectivity index (χ1v) is 14.5. The van der Waals surface area contributed by atoms with Crippen molar-refractivity contribution >= 4 is 22.7 Å². The molecule has 0 saturated heterocycles. The highest BCUT2D eigenvalue weighted by Crippen LogP contribution is 2.38. The number of para-hydroxylation sites is 1. The average molecular weight is 532 g/mol. The summed E-state index contributed by atoms with van der Waals surface area (Å²) in [7, 11) is 5.88. The number of nitrogens with zero attached hydrogens (tertiary/aromatic N) is 3. The number of rotatable bonds is 8. The Hall–Kier alpha value is -2.86. The van der Waals surface area contributed by atoms with Crippen molar-refractivity contribution in [1.82, 2.24) is 15.3 Å². The normalized spacial score (nSPS) is 18.3. The number of anilines is 2. The van der Waals surface area contributed by atoms with Crippen LogP contribution in [-0.2, 0) is 17.4 Å². The van der Waals surface area contributed by atoms with Gasteiger partial charge in [0.05, 0.1) is 12.6 Å². The molecule has 0 spiro atoms. The Kier molecular flexibility index (Phi) is 8.75. The predicted molar refractivity (Wildman–Crippen MR) is 165 cm³/mol. The second kappa shape index (κ2) is 11.7. The first kappa shape index (κ1) is 29.1. The van der Waals surface area contributed by atoms with Crippen LogP contribution in [0, 0.1) is 5.92 Å². The summed E-state index contributed by atoms with van der Waals surface area (Å²) in [5.74, 6) is 3.40. The maximum absolute atomic E-state index is 5.97. The highest BCUT2D eigenvalue weighted by molar-refractivity contribution is 5.90. The second-order valence-corrected chi connectivity index (χ2v) is 13.5. The second-order valence-electron chi connectivity index (χ2n) is 13.5. The molecule has 0 bridgehead atoms. The number of aromatic nitrogens is 2. The molecule has 1 aliphatic carbocycles. The molecule has 1 aliphatic rings. The van der Waals surface area contributed by atoms with Gasteiger partial charge in [-0.3, -0.25) is 0 Å². The molecule has 0 aliphatic heterocycles. The lowest BCUT2D eigenvalue weighted by Gasteiger charge is -2.30. The first-order chi connectivity index (χ1) is 18.4. The van der Waals surface area contributed by atoms with Gasteiger partial charge in [-0.25, -0.2) is 4.98 Å². The zero-order valence-electron chi connectivity index (χ0n) is 25.6. The summed E-state index contributed by atoms with van der Waals surface area (Å²) in [6.45, 7) is 15.5. The van der Waals surface area contributed by atoms with E-state index in [-0.39, 0.29) is 10.8 Å². The van der Waals surface area contributed by atoms with Crippen molar-refractivity contribution < 1.29 is 4.74 Å². The van der Waals surface area contributed by atoms with E-state index < -0.39 is 0 Å². The van der Waals surface area contributed by atoms with Gasteiger partial charge in [-0.1, -0.05) is 65.8 Å². The Morgan fingerprint density at radius 3 is 2.23 bits per heavy atom. The Balaban J connectivity index is 1.36. The molecule has 3 aromatic rings. The fourth-order valence-corrected chi connectivity index (χ4v) is 5.62. The quantitative estimate of drug-likeness (QED) is 0.324. The number of methoxy groups -OCH3 is 1. The third-order valence-electron chi connectivity index (χ3n) is 7.98. The standard InChI is InChI=1S/C33H49N5O/c1-32(2,3)24-18-23(29(39-9)27(19-24)33(4,5)6)21-34-20-22-14-16-25(17-15-22)35-31-36-28-13-11-10-12-26(28)30(37-31)38(7)8/h10-13,18-19,22,25,34H,14-17,20-21H2,1-9H3,(H,35,36,37). The van der Waals surface area contributed by atoms with E-state index in [1.807, 2.05) is 26.2 Å². The number of hydrogen-bond acceptors (Lipinski definition) is 6. The third-order valence-corrected chi connectivity index (χ3v) is 7.98. The Bertz CT molecular complexity index is 1260. The lowest BCUT2D eigenvalue weighted by molar-refractivity contribution is 0.322. The van der Waals surface area contributed by atoms with E-state index in [1.165, 1.54) is 29.5 Å². The summed E-state index contributed by atoms with van der Waals surface area (Å²) >= 11 is 0. The summed E-state index contributed by atoms with van der Waals surface area (Å²) in [6.07, 6.45) is 4.67. The van der Waals surface area contributed by atoms with E-state index in [4.69, 9.17) is 14.7 Å². The molecule has 39 heavy (non-hydrogen) atoms. The minimum absolute atomic E-state index is 0.0226. The molecular formula is C33H49N5O. The van der Waals surface area contributed by atoms with Gasteiger partial charge in [0, 0.05) is 43.2 Å². The molecule has 1 fully saturated rings. The number of ether oxygens (including phenoxy) is 1. The van der Waals surface area contributed by atoms with E-state index in [0.29, 0.717) is 12.0 Å². The van der Waals surface area contributed by atoms with Crippen molar-refractivity contribution in [2.75, 3.05) is 38.0 Å². The molecule has 2 aromatic carbocycles. The van der Waals surface area contributed by atoms with Crippen LogP contribution in [0.3, 0.4) is 0 Å². The largest absolute Gasteiger partial charge is 0.496 e. The van der Waals surface area contributed by atoms with E-state index in [2.05, 4.69) is 81.3 Å². The number of hydrogen-bond donors (Lipinski definition) is 2. The highest BCUT2D eigenvalue weighted by Gasteiger charge is 2.26. The highest BCUT2D eigenvalue weighted by atomic mass is 16.5. The Morgan fingerprint density at radius 2 is 1.62 bits per heavy atom. The third kappa shape index (κ3) is 7.02. The van der Waals surface area contributed by atoms with Crippen LogP contribution >= 0.6 is 0 Å². The minimum Gasteiger partial charge on any atom is -0.496 e. The monoisotopic (exact) mass is 531 g/mol. The first-order valence-electron chi connectivity index (χ1n) is 14.5. The van der Waals surface area contributed by atoms with Crippen LogP contribution < -0.4 is 20.3 Å². The number of fused-ring (bicyclic) bond motifs is 1. The molecule has 212 valence electrons. The van der Waals surface area contributed by atoms with Gasteiger partial charge in [0.1, 0.15) is 11.6 Å². The summed E-state index contributed by atoms with van der Waals surface area (Å²) < 4.78 is 5.97. The summed E-state index contributed by atoms with van der Waals surface area (Å²) in [4.78, 5) is 11.7. The van der Waals surface area contributed by atoms with Gasteiger partial charge in [-0.2, -0.15) is 4.98 Å². The van der Waals surface area contributed by atoms with Gasteiger partial charge in [0.25, 0.3) is 0 Å². The zero-order valence-corrected chi connectivity index (χ0v) is 25.6. The molecule has 0 atom stereocenters.